The molecule has 3 heterocycles. The van der Waals surface area contributed by atoms with Gasteiger partial charge in [-0.1, -0.05) is 67.0 Å². The van der Waals surface area contributed by atoms with Crippen LogP contribution in [0.5, 0.6) is 5.75 Å². The second-order valence-corrected chi connectivity index (χ2v) is 20.5. The maximum atomic E-state index is 14.7. The molecule has 5 rings (SSSR count). The number of amides is 1. The zero-order valence-corrected chi connectivity index (χ0v) is 31.6. The monoisotopic (exact) mass is 679 g/mol. The number of allylic oxidation sites excluding steroid dienone is 1. The topological polar surface area (TPSA) is 108 Å². The van der Waals surface area contributed by atoms with E-state index in [0.29, 0.717) is 11.4 Å². The average Bonchev–Trinajstić information content (AvgIpc) is 3.32. The summed E-state index contributed by atoms with van der Waals surface area (Å²) in [6.07, 6.45) is 3.47. The van der Waals surface area contributed by atoms with Gasteiger partial charge in [0, 0.05) is 12.0 Å². The molecule has 48 heavy (non-hydrogen) atoms. The van der Waals surface area contributed by atoms with Crippen LogP contribution in [0.25, 0.3) is 0 Å². The predicted molar refractivity (Wildman–Crippen MR) is 186 cm³/mol. The number of nitrogens with zero attached hydrogens (tertiary/aromatic N) is 1. The molecule has 262 valence electrons. The molecule has 4 aliphatic rings. The Labute approximate surface area is 286 Å². The number of Topliss-reactive ketones (excluding diaryl/α,β-unsaturated/α-hetero) is 1. The molecule has 1 aromatic rings. The van der Waals surface area contributed by atoms with Crippen LogP contribution >= 0.6 is 0 Å². The smallest absolute Gasteiger partial charge is 0.329 e. The van der Waals surface area contributed by atoms with Gasteiger partial charge in [0.15, 0.2) is 17.9 Å². The number of carbonyl (C=O) groups is 4. The Hall–Kier alpha value is -3.08. The van der Waals surface area contributed by atoms with Gasteiger partial charge in [-0.25, -0.2) is 0 Å². The van der Waals surface area contributed by atoms with Crippen molar-refractivity contribution < 1.29 is 37.8 Å². The second kappa shape index (κ2) is 12.7. The summed E-state index contributed by atoms with van der Waals surface area (Å²) in [4.78, 5) is 56.6. The fourth-order valence-electron chi connectivity index (χ4n) is 9.25. The summed E-state index contributed by atoms with van der Waals surface area (Å²) in [7, 11) is -2.48. The summed E-state index contributed by atoms with van der Waals surface area (Å²) >= 11 is 0. The molecule has 1 amide bonds. The second-order valence-electron chi connectivity index (χ2n) is 15.1. The van der Waals surface area contributed by atoms with Crippen LogP contribution in [-0.2, 0) is 33.4 Å². The lowest BCUT2D eigenvalue weighted by atomic mass is 9.77. The van der Waals surface area contributed by atoms with E-state index in [0.717, 1.165) is 16.7 Å². The number of hydrogen-bond donors (Lipinski definition) is 0. The summed E-state index contributed by atoms with van der Waals surface area (Å²) in [6, 6.07) is 3.97. The van der Waals surface area contributed by atoms with E-state index in [-0.39, 0.29) is 47.3 Å². The molecule has 1 fully saturated rings. The largest absolute Gasteiger partial charge is 0.543 e. The summed E-state index contributed by atoms with van der Waals surface area (Å²) in [5.41, 5.74) is 0.672. The Morgan fingerprint density at radius 3 is 2.19 bits per heavy atom. The average molecular weight is 680 g/mol. The molecule has 0 bridgehead atoms. The van der Waals surface area contributed by atoms with Crippen molar-refractivity contribution in [2.45, 2.75) is 136 Å². The van der Waals surface area contributed by atoms with Crippen molar-refractivity contribution in [3.63, 3.8) is 0 Å². The van der Waals surface area contributed by atoms with Crippen molar-refractivity contribution in [3.8, 4) is 5.75 Å². The molecule has 1 aromatic carbocycles. The highest BCUT2D eigenvalue weighted by Crippen LogP contribution is 2.60. The molecule has 7 atom stereocenters. The van der Waals surface area contributed by atoms with Crippen LogP contribution in [0.4, 0.5) is 5.69 Å². The summed E-state index contributed by atoms with van der Waals surface area (Å²) in [6.45, 7) is 24.1. The lowest BCUT2D eigenvalue weighted by Gasteiger charge is -2.42. The molecule has 0 unspecified atom stereocenters. The highest BCUT2D eigenvalue weighted by atomic mass is 28.4. The summed E-state index contributed by atoms with van der Waals surface area (Å²) in [5.74, 6) is -1.72. The van der Waals surface area contributed by atoms with Gasteiger partial charge in [-0.05, 0) is 86.0 Å². The van der Waals surface area contributed by atoms with Gasteiger partial charge in [0.2, 0.25) is 5.41 Å². The lowest BCUT2D eigenvalue weighted by Crippen LogP contribution is -2.51. The first-order valence-electron chi connectivity index (χ1n) is 17.6. The van der Waals surface area contributed by atoms with Gasteiger partial charge in [0.1, 0.15) is 17.4 Å². The number of esters is 1. The van der Waals surface area contributed by atoms with Crippen molar-refractivity contribution in [3.05, 3.63) is 47.1 Å². The third-order valence-corrected chi connectivity index (χ3v) is 17.5. The van der Waals surface area contributed by atoms with E-state index in [9.17, 15) is 19.2 Å². The van der Waals surface area contributed by atoms with Gasteiger partial charge in [0.25, 0.3) is 14.2 Å². The van der Waals surface area contributed by atoms with E-state index >= 15 is 0 Å². The fourth-order valence-corrected chi connectivity index (χ4v) is 14.5. The van der Waals surface area contributed by atoms with Gasteiger partial charge in [0.05, 0.1) is 18.4 Å². The minimum absolute atomic E-state index is 0.0501. The van der Waals surface area contributed by atoms with E-state index in [1.807, 2.05) is 26.0 Å². The van der Waals surface area contributed by atoms with Crippen molar-refractivity contribution in [1.82, 2.24) is 0 Å². The standard InChI is InChI=1S/C38H53NO8Si/c1-13-38-19-23(9)31-24(10)33(46-30-16-15-29(40)25(11)45-30)27-17-26(47-48(20(3)4,21(5)6)22(7)8)18-28(32(27)31)39(38)35(42)37(12,34(38)41)36(43)44-14-2/h15-22,24-25,30-31,33H,13-14H2,1-12H3/t24-,25-,30+,31-,33+,37+,38+/m1/s1. The summed E-state index contributed by atoms with van der Waals surface area (Å²) in [5, 5.41) is 0. The van der Waals surface area contributed by atoms with Crippen LogP contribution in [0.1, 0.15) is 113 Å². The van der Waals surface area contributed by atoms with Crippen LogP contribution in [0.15, 0.2) is 35.9 Å². The first kappa shape index (κ1) is 36.2. The molecule has 1 saturated heterocycles. The fraction of sp³-hybridized carbons (Fsp3) is 0.632. The van der Waals surface area contributed by atoms with E-state index in [4.69, 9.17) is 18.6 Å². The molecule has 0 aromatic heterocycles. The molecule has 9 nitrogen and oxygen atoms in total. The van der Waals surface area contributed by atoms with Gasteiger partial charge in [-0.3, -0.25) is 24.1 Å². The number of anilines is 1. The van der Waals surface area contributed by atoms with Crippen molar-refractivity contribution in [2.24, 2.45) is 11.3 Å². The number of benzene rings is 1. The maximum Gasteiger partial charge on any atom is 0.329 e. The molecule has 3 aliphatic heterocycles. The first-order valence-corrected chi connectivity index (χ1v) is 19.7. The van der Waals surface area contributed by atoms with Crippen molar-refractivity contribution in [2.75, 3.05) is 11.5 Å². The van der Waals surface area contributed by atoms with E-state index in [1.165, 1.54) is 13.0 Å². The Bertz CT molecular complexity index is 1560. The van der Waals surface area contributed by atoms with Gasteiger partial charge < -0.3 is 18.6 Å². The van der Waals surface area contributed by atoms with Crippen LogP contribution in [-0.4, -0.2) is 56.3 Å². The first-order chi connectivity index (χ1) is 22.4. The van der Waals surface area contributed by atoms with Gasteiger partial charge in [-0.2, -0.15) is 0 Å². The van der Waals surface area contributed by atoms with Crippen molar-refractivity contribution >= 4 is 37.4 Å². The molecule has 10 heteroatoms. The van der Waals surface area contributed by atoms with Crippen LogP contribution in [0.2, 0.25) is 16.6 Å². The van der Waals surface area contributed by atoms with E-state index in [1.54, 1.807) is 24.8 Å². The number of carbonyl (C=O) groups excluding carboxylic acids is 4. The highest BCUT2D eigenvalue weighted by Gasteiger charge is 2.69. The van der Waals surface area contributed by atoms with Gasteiger partial charge >= 0.3 is 5.97 Å². The Morgan fingerprint density at radius 1 is 1.02 bits per heavy atom. The SMILES string of the molecule is CCOC(=O)[C@]1(C)C(=O)N2c3cc(O[Si](C(C)C)(C(C)C)C(C)C)cc4c3[C@H](C(C)=C[C@@]2(CC)C1=O)[C@@H](C)[C@@H]4O[C@H]1C=CC(=O)[C@@H](C)O1. The Kier molecular flexibility index (Phi) is 9.55. The van der Waals surface area contributed by atoms with E-state index in [2.05, 4.69) is 54.5 Å². The van der Waals surface area contributed by atoms with Crippen LogP contribution in [0, 0.1) is 11.3 Å². The number of ether oxygens (including phenoxy) is 3. The number of hydrogen-bond acceptors (Lipinski definition) is 8. The minimum Gasteiger partial charge on any atom is -0.543 e. The third-order valence-electron chi connectivity index (χ3n) is 11.5. The van der Waals surface area contributed by atoms with Gasteiger partial charge in [-0.15, -0.1) is 0 Å². The molecule has 0 saturated carbocycles. The molecule has 1 aliphatic carbocycles. The Balaban J connectivity index is 1.79. The quantitative estimate of drug-likeness (QED) is 0.108. The van der Waals surface area contributed by atoms with Crippen LogP contribution < -0.4 is 9.33 Å². The van der Waals surface area contributed by atoms with Crippen molar-refractivity contribution in [1.29, 1.82) is 0 Å². The third kappa shape index (κ3) is 5.07. The lowest BCUT2D eigenvalue weighted by molar-refractivity contribution is -0.182. The normalized spacial score (nSPS) is 31.4. The Morgan fingerprint density at radius 2 is 1.65 bits per heavy atom. The molecular weight excluding hydrogens is 627 g/mol. The number of fused-ring (bicyclic) bond motifs is 2. The van der Waals surface area contributed by atoms with E-state index < -0.39 is 55.4 Å². The van der Waals surface area contributed by atoms with Crippen LogP contribution in [0.3, 0.4) is 0 Å². The molecule has 0 N–H and O–H groups in total. The summed E-state index contributed by atoms with van der Waals surface area (Å²) < 4.78 is 25.3. The number of rotatable bonds is 10. The molecule has 0 spiro atoms. The molecule has 0 radical (unpaired) electrons. The predicted octanol–water partition coefficient (Wildman–Crippen LogP) is 7.50. The molecular formula is C38H53NO8Si. The zero-order chi connectivity index (χ0) is 35.7. The number of ketones is 2. The maximum absolute atomic E-state index is 14.7. The zero-order valence-electron chi connectivity index (χ0n) is 30.6. The highest BCUT2D eigenvalue weighted by molar-refractivity contribution is 6.78. The minimum atomic E-state index is -2.48.